The lowest BCUT2D eigenvalue weighted by molar-refractivity contribution is -0.134. The van der Waals surface area contributed by atoms with Crippen LogP contribution in [0.3, 0.4) is 0 Å². The van der Waals surface area contributed by atoms with Crippen LogP contribution in [0, 0.1) is 0 Å². The summed E-state index contributed by atoms with van der Waals surface area (Å²) in [5.74, 6) is 1.65. The van der Waals surface area contributed by atoms with Crippen LogP contribution < -0.4 is 4.74 Å². The summed E-state index contributed by atoms with van der Waals surface area (Å²) in [7, 11) is 0. The zero-order valence-corrected chi connectivity index (χ0v) is 18.1. The second-order valence-corrected chi connectivity index (χ2v) is 7.76. The first kappa shape index (κ1) is 21.3. The van der Waals surface area contributed by atoms with E-state index in [0.717, 1.165) is 17.0 Å². The molecule has 0 radical (unpaired) electrons. The smallest absolute Gasteiger partial charge is 0.261 e. The van der Waals surface area contributed by atoms with Gasteiger partial charge in [0.15, 0.2) is 6.61 Å². The van der Waals surface area contributed by atoms with Gasteiger partial charge in [0, 0.05) is 6.54 Å². The molecule has 0 atom stereocenters. The van der Waals surface area contributed by atoms with E-state index >= 15 is 0 Å². The molecule has 8 heteroatoms. The largest absolute Gasteiger partial charge is 0.484 e. The van der Waals surface area contributed by atoms with Gasteiger partial charge in [-0.15, -0.1) is 5.10 Å². The Bertz CT molecular complexity index is 1110. The van der Waals surface area contributed by atoms with Gasteiger partial charge >= 0.3 is 0 Å². The number of hydrogen-bond acceptors (Lipinski definition) is 6. The third kappa shape index (κ3) is 5.40. The van der Waals surface area contributed by atoms with Crippen molar-refractivity contribution >= 4 is 5.91 Å². The molecular weight excluding hydrogens is 406 g/mol. The third-order valence-corrected chi connectivity index (χ3v) is 5.11. The fourth-order valence-electron chi connectivity index (χ4n) is 3.26. The molecule has 1 amide bonds. The molecule has 164 valence electrons. The van der Waals surface area contributed by atoms with Crippen LogP contribution in [0.15, 0.2) is 77.7 Å². The predicted octanol–water partition coefficient (Wildman–Crippen LogP) is 3.99. The minimum atomic E-state index is -0.126. The van der Waals surface area contributed by atoms with E-state index in [1.54, 1.807) is 28.0 Å². The lowest BCUT2D eigenvalue weighted by Crippen LogP contribution is -2.34. The molecule has 8 nitrogen and oxygen atoms in total. The van der Waals surface area contributed by atoms with E-state index in [2.05, 4.69) is 53.6 Å². The number of amides is 1. The maximum atomic E-state index is 13.0. The summed E-state index contributed by atoms with van der Waals surface area (Å²) in [6.45, 7) is 5.09. The highest BCUT2D eigenvalue weighted by atomic mass is 16.5. The van der Waals surface area contributed by atoms with Crippen LogP contribution in [0.1, 0.15) is 36.7 Å². The zero-order valence-electron chi connectivity index (χ0n) is 18.1. The molecule has 0 N–H and O–H groups in total. The van der Waals surface area contributed by atoms with Crippen molar-refractivity contribution in [1.29, 1.82) is 0 Å². The van der Waals surface area contributed by atoms with E-state index in [9.17, 15) is 4.79 Å². The van der Waals surface area contributed by atoms with Crippen molar-refractivity contribution in [2.75, 3.05) is 6.61 Å². The minimum Gasteiger partial charge on any atom is -0.484 e. The third-order valence-electron chi connectivity index (χ3n) is 5.11. The molecule has 0 aliphatic heterocycles. The fourth-order valence-corrected chi connectivity index (χ4v) is 3.26. The number of ether oxygens (including phenoxy) is 1. The topological polar surface area (TPSA) is 86.3 Å². The maximum Gasteiger partial charge on any atom is 0.261 e. The summed E-state index contributed by atoms with van der Waals surface area (Å²) in [6.07, 6.45) is 3.12. The summed E-state index contributed by atoms with van der Waals surface area (Å²) >= 11 is 0. The molecule has 0 unspecified atom stereocenters. The van der Waals surface area contributed by atoms with E-state index in [1.165, 1.54) is 11.9 Å². The molecule has 2 aromatic heterocycles. The number of tetrazole rings is 1. The van der Waals surface area contributed by atoms with Gasteiger partial charge in [0.1, 0.15) is 17.8 Å². The molecule has 4 rings (SSSR count). The number of aromatic nitrogens is 4. The van der Waals surface area contributed by atoms with Crippen LogP contribution in [0.5, 0.6) is 5.75 Å². The highest BCUT2D eigenvalue weighted by molar-refractivity contribution is 5.77. The quantitative estimate of drug-likeness (QED) is 0.398. The number of carbonyl (C=O) groups is 1. The van der Waals surface area contributed by atoms with Crippen molar-refractivity contribution < 1.29 is 13.9 Å². The van der Waals surface area contributed by atoms with Gasteiger partial charge in [-0.2, -0.15) is 0 Å². The Morgan fingerprint density at radius 2 is 1.84 bits per heavy atom. The molecule has 0 aliphatic rings. The van der Waals surface area contributed by atoms with Crippen LogP contribution in [-0.2, 0) is 17.9 Å². The second-order valence-electron chi connectivity index (χ2n) is 7.76. The molecular formula is C24H25N5O3. The molecule has 2 aromatic carbocycles. The lowest BCUT2D eigenvalue weighted by Gasteiger charge is -2.22. The first-order chi connectivity index (χ1) is 15.6. The number of carbonyl (C=O) groups excluding carboxylic acids is 1. The molecule has 2 heterocycles. The maximum absolute atomic E-state index is 13.0. The summed E-state index contributed by atoms with van der Waals surface area (Å²) in [4.78, 5) is 14.7. The first-order valence-electron chi connectivity index (χ1n) is 10.4. The van der Waals surface area contributed by atoms with Crippen molar-refractivity contribution in [3.05, 3.63) is 90.1 Å². The minimum absolute atomic E-state index is 0.0744. The summed E-state index contributed by atoms with van der Waals surface area (Å²) in [6, 6.07) is 19.2. The number of furan rings is 1. The highest BCUT2D eigenvalue weighted by Crippen LogP contribution is 2.18. The molecule has 0 saturated heterocycles. The molecule has 0 bridgehead atoms. The second kappa shape index (κ2) is 9.91. The Morgan fingerprint density at radius 3 is 2.47 bits per heavy atom. The summed E-state index contributed by atoms with van der Waals surface area (Å²) < 4.78 is 12.8. The van der Waals surface area contributed by atoms with E-state index in [0.29, 0.717) is 24.8 Å². The molecule has 32 heavy (non-hydrogen) atoms. The van der Waals surface area contributed by atoms with Crippen LogP contribution in [-0.4, -0.2) is 37.6 Å². The highest BCUT2D eigenvalue weighted by Gasteiger charge is 2.17. The van der Waals surface area contributed by atoms with Gasteiger partial charge in [-0.25, -0.2) is 4.68 Å². The van der Waals surface area contributed by atoms with Gasteiger partial charge in [0.2, 0.25) is 0 Å². The van der Waals surface area contributed by atoms with Crippen molar-refractivity contribution in [2.45, 2.75) is 32.9 Å². The average molecular weight is 431 g/mol. The molecule has 0 spiro atoms. The Morgan fingerprint density at radius 1 is 1.06 bits per heavy atom. The van der Waals surface area contributed by atoms with E-state index in [4.69, 9.17) is 9.15 Å². The van der Waals surface area contributed by atoms with Crippen LogP contribution in [0.4, 0.5) is 0 Å². The van der Waals surface area contributed by atoms with E-state index < -0.39 is 0 Å². The molecule has 4 aromatic rings. The van der Waals surface area contributed by atoms with Gasteiger partial charge in [0.05, 0.1) is 18.5 Å². The molecule has 0 aliphatic carbocycles. The lowest BCUT2D eigenvalue weighted by atomic mass is 10.0. The van der Waals surface area contributed by atoms with E-state index in [-0.39, 0.29) is 12.5 Å². The SMILES string of the molecule is CC(C)c1ccc(CN(Cc2ccco2)C(=O)COc2ccc(-n3cnnn3)cc2)cc1. The average Bonchev–Trinajstić information content (AvgIpc) is 3.52. The zero-order chi connectivity index (χ0) is 22.3. The predicted molar refractivity (Wildman–Crippen MR) is 118 cm³/mol. The van der Waals surface area contributed by atoms with Crippen molar-refractivity contribution in [2.24, 2.45) is 0 Å². The van der Waals surface area contributed by atoms with E-state index in [1.807, 2.05) is 24.3 Å². The molecule has 0 fully saturated rings. The Hall–Kier alpha value is -3.94. The van der Waals surface area contributed by atoms with Gasteiger partial charge in [-0.05, 0) is 63.9 Å². The van der Waals surface area contributed by atoms with Crippen LogP contribution in [0.2, 0.25) is 0 Å². The van der Waals surface area contributed by atoms with Crippen molar-refractivity contribution in [3.8, 4) is 11.4 Å². The van der Waals surface area contributed by atoms with Gasteiger partial charge < -0.3 is 14.1 Å². The Balaban J connectivity index is 1.41. The summed E-state index contributed by atoms with van der Waals surface area (Å²) in [5, 5.41) is 11.1. The molecule has 0 saturated carbocycles. The Kier molecular flexibility index (Phi) is 6.60. The monoisotopic (exact) mass is 431 g/mol. The van der Waals surface area contributed by atoms with Crippen LogP contribution >= 0.6 is 0 Å². The van der Waals surface area contributed by atoms with Crippen LogP contribution in [0.25, 0.3) is 5.69 Å². The number of benzene rings is 2. The van der Waals surface area contributed by atoms with Crippen molar-refractivity contribution in [3.63, 3.8) is 0 Å². The van der Waals surface area contributed by atoms with Gasteiger partial charge in [0.25, 0.3) is 5.91 Å². The Labute approximate surface area is 186 Å². The van der Waals surface area contributed by atoms with Gasteiger partial charge in [-0.3, -0.25) is 4.79 Å². The number of hydrogen-bond donors (Lipinski definition) is 0. The van der Waals surface area contributed by atoms with Gasteiger partial charge in [-0.1, -0.05) is 38.1 Å². The number of nitrogens with zero attached hydrogens (tertiary/aromatic N) is 5. The first-order valence-corrected chi connectivity index (χ1v) is 10.4. The number of rotatable bonds is 9. The standard InChI is InChI=1S/C24H25N5O3/c1-18(2)20-7-5-19(6-8-20)14-28(15-23-4-3-13-31-23)24(30)16-32-22-11-9-21(10-12-22)29-17-25-26-27-29/h3-13,17-18H,14-16H2,1-2H3. The fraction of sp³-hybridized carbons (Fsp3) is 0.250. The summed E-state index contributed by atoms with van der Waals surface area (Å²) in [5.41, 5.74) is 3.13. The van der Waals surface area contributed by atoms with Crippen molar-refractivity contribution in [1.82, 2.24) is 25.1 Å². The normalized spacial score (nSPS) is 11.0.